The van der Waals surface area contributed by atoms with E-state index in [0.29, 0.717) is 19.4 Å². The number of rotatable bonds is 7. The lowest BCUT2D eigenvalue weighted by atomic mass is 9.88. The van der Waals surface area contributed by atoms with Gasteiger partial charge >= 0.3 is 12.1 Å². The number of fused-ring (bicyclic) bond motifs is 3. The maximum Gasteiger partial charge on any atom is 0.407 e. The van der Waals surface area contributed by atoms with Crippen molar-refractivity contribution in [1.29, 1.82) is 0 Å². The molecular formula is C27H32N2O5. The minimum Gasteiger partial charge on any atom is -0.480 e. The highest BCUT2D eigenvalue weighted by atomic mass is 16.5. The molecule has 1 aliphatic carbocycles. The maximum absolute atomic E-state index is 12.8. The molecule has 1 saturated heterocycles. The topological polar surface area (TPSA) is 95.9 Å². The van der Waals surface area contributed by atoms with Gasteiger partial charge in [0.15, 0.2) is 0 Å². The number of hydrogen-bond acceptors (Lipinski definition) is 4. The predicted octanol–water partition coefficient (Wildman–Crippen LogP) is 4.55. The summed E-state index contributed by atoms with van der Waals surface area (Å²) in [6.07, 6.45) is 2.13. The molecule has 2 amide bonds. The van der Waals surface area contributed by atoms with E-state index >= 15 is 0 Å². The summed E-state index contributed by atoms with van der Waals surface area (Å²) in [5.41, 5.74) is 3.49. The Labute approximate surface area is 200 Å². The molecule has 1 fully saturated rings. The number of nitrogens with zero attached hydrogens (tertiary/aromatic N) is 1. The monoisotopic (exact) mass is 464 g/mol. The lowest BCUT2D eigenvalue weighted by Crippen LogP contribution is -2.57. The minimum absolute atomic E-state index is 0.0113. The van der Waals surface area contributed by atoms with Gasteiger partial charge in [-0.3, -0.25) is 4.79 Å². The third kappa shape index (κ3) is 4.65. The number of carboxylic acids is 1. The first kappa shape index (κ1) is 23.8. The van der Waals surface area contributed by atoms with Crippen LogP contribution in [0.1, 0.15) is 63.0 Å². The van der Waals surface area contributed by atoms with Gasteiger partial charge in [-0.1, -0.05) is 48.5 Å². The highest BCUT2D eigenvalue weighted by Gasteiger charge is 2.43. The molecule has 7 nitrogen and oxygen atoms in total. The third-order valence-electron chi connectivity index (χ3n) is 7.15. The Kier molecular flexibility index (Phi) is 6.91. The molecule has 2 aliphatic rings. The van der Waals surface area contributed by atoms with Crippen LogP contribution in [0.25, 0.3) is 11.1 Å². The van der Waals surface area contributed by atoms with Crippen molar-refractivity contribution in [3.63, 3.8) is 0 Å². The average Bonchev–Trinajstić information content (AvgIpc) is 3.15. The summed E-state index contributed by atoms with van der Waals surface area (Å²) in [5, 5.41) is 12.4. The summed E-state index contributed by atoms with van der Waals surface area (Å²) in [6, 6.07) is 16.1. The zero-order valence-corrected chi connectivity index (χ0v) is 19.8. The third-order valence-corrected chi connectivity index (χ3v) is 7.15. The second kappa shape index (κ2) is 9.87. The fourth-order valence-electron chi connectivity index (χ4n) is 5.13. The highest BCUT2D eigenvalue weighted by molar-refractivity contribution is 5.87. The van der Waals surface area contributed by atoms with Crippen molar-refractivity contribution in [2.75, 3.05) is 13.2 Å². The molecule has 0 bridgehead atoms. The molecule has 0 saturated carbocycles. The van der Waals surface area contributed by atoms with Gasteiger partial charge in [-0.05, 0) is 61.8 Å². The number of amides is 2. The zero-order chi connectivity index (χ0) is 24.3. The Bertz CT molecular complexity index is 1040. The molecule has 0 aromatic heterocycles. The number of nitrogens with one attached hydrogen (secondary N) is 1. The first-order valence-electron chi connectivity index (χ1n) is 12.0. The van der Waals surface area contributed by atoms with Gasteiger partial charge in [0.05, 0.1) is 0 Å². The quantitative estimate of drug-likeness (QED) is 0.627. The molecule has 34 heavy (non-hydrogen) atoms. The Morgan fingerprint density at radius 1 is 1.09 bits per heavy atom. The number of aliphatic carboxylic acids is 1. The maximum atomic E-state index is 12.8. The van der Waals surface area contributed by atoms with Crippen LogP contribution < -0.4 is 5.32 Å². The number of hydrogen-bond donors (Lipinski definition) is 2. The predicted molar refractivity (Wildman–Crippen MR) is 129 cm³/mol. The summed E-state index contributed by atoms with van der Waals surface area (Å²) in [5.74, 6) is -1.17. The SMILES string of the molecule is CC(CCC(=O)N1CCCCC1(C)C(=O)O)NC(=O)OCC1c2ccccc2-c2ccccc21. The molecule has 2 aromatic rings. The molecule has 2 aromatic carbocycles. The molecule has 4 rings (SSSR count). The van der Waals surface area contributed by atoms with Crippen molar-refractivity contribution >= 4 is 18.0 Å². The number of carboxylic acid groups (broad SMARTS) is 1. The van der Waals surface area contributed by atoms with Crippen LogP contribution in [0.15, 0.2) is 48.5 Å². The standard InChI is InChI=1S/C27H32N2O5/c1-18(13-14-24(30)29-16-8-7-15-27(29,2)25(31)32)28-26(33)34-17-23-21-11-5-3-9-19(21)20-10-4-6-12-22(20)23/h3-6,9-12,18,23H,7-8,13-17H2,1-2H3,(H,28,33)(H,31,32). The normalized spacial score (nSPS) is 20.2. The van der Waals surface area contributed by atoms with Crippen LogP contribution >= 0.6 is 0 Å². The van der Waals surface area contributed by atoms with E-state index < -0.39 is 17.6 Å². The van der Waals surface area contributed by atoms with E-state index in [1.807, 2.05) is 31.2 Å². The van der Waals surface area contributed by atoms with E-state index in [1.54, 1.807) is 6.92 Å². The Balaban J connectivity index is 1.29. The van der Waals surface area contributed by atoms with Crippen LogP contribution in [0.3, 0.4) is 0 Å². The van der Waals surface area contributed by atoms with Crippen molar-refractivity contribution < 1.29 is 24.2 Å². The summed E-state index contributed by atoms with van der Waals surface area (Å²) >= 11 is 0. The van der Waals surface area contributed by atoms with E-state index in [9.17, 15) is 19.5 Å². The Morgan fingerprint density at radius 3 is 2.32 bits per heavy atom. The molecule has 2 atom stereocenters. The lowest BCUT2D eigenvalue weighted by Gasteiger charge is -2.41. The molecule has 2 N–H and O–H groups in total. The first-order chi connectivity index (χ1) is 16.3. The van der Waals surface area contributed by atoms with Crippen LogP contribution in [0.2, 0.25) is 0 Å². The molecule has 180 valence electrons. The number of piperidine rings is 1. The summed E-state index contributed by atoms with van der Waals surface area (Å²) in [4.78, 5) is 38.5. The first-order valence-corrected chi connectivity index (χ1v) is 12.0. The smallest absolute Gasteiger partial charge is 0.407 e. The van der Waals surface area contributed by atoms with Crippen LogP contribution in [0.5, 0.6) is 0 Å². The molecule has 0 radical (unpaired) electrons. The second-order valence-corrected chi connectivity index (χ2v) is 9.49. The van der Waals surface area contributed by atoms with Crippen LogP contribution in [0.4, 0.5) is 4.79 Å². The number of ether oxygens (including phenoxy) is 1. The summed E-state index contributed by atoms with van der Waals surface area (Å²) < 4.78 is 5.57. The molecule has 0 spiro atoms. The van der Waals surface area contributed by atoms with Crippen molar-refractivity contribution in [3.05, 3.63) is 59.7 Å². The van der Waals surface area contributed by atoms with Gasteiger partial charge in [0.1, 0.15) is 12.1 Å². The molecule has 1 aliphatic heterocycles. The van der Waals surface area contributed by atoms with E-state index in [1.165, 1.54) is 16.0 Å². The van der Waals surface area contributed by atoms with E-state index in [-0.39, 0.29) is 30.9 Å². The summed E-state index contributed by atoms with van der Waals surface area (Å²) in [7, 11) is 0. The van der Waals surface area contributed by atoms with E-state index in [2.05, 4.69) is 29.6 Å². The average molecular weight is 465 g/mol. The van der Waals surface area contributed by atoms with E-state index in [4.69, 9.17) is 4.74 Å². The van der Waals surface area contributed by atoms with Crippen LogP contribution in [-0.2, 0) is 14.3 Å². The largest absolute Gasteiger partial charge is 0.480 e. The van der Waals surface area contributed by atoms with Crippen LogP contribution in [-0.4, -0.2) is 52.7 Å². The molecule has 7 heteroatoms. The molecular weight excluding hydrogens is 432 g/mol. The number of carbonyl (C=O) groups excluding carboxylic acids is 2. The minimum atomic E-state index is -1.15. The van der Waals surface area contributed by atoms with Gasteiger partial charge < -0.3 is 20.1 Å². The van der Waals surface area contributed by atoms with Gasteiger partial charge in [0.25, 0.3) is 0 Å². The second-order valence-electron chi connectivity index (χ2n) is 9.49. The van der Waals surface area contributed by atoms with Gasteiger partial charge in [-0.15, -0.1) is 0 Å². The van der Waals surface area contributed by atoms with Crippen molar-refractivity contribution in [2.24, 2.45) is 0 Å². The summed E-state index contributed by atoms with van der Waals surface area (Å²) in [6.45, 7) is 4.12. The Morgan fingerprint density at radius 2 is 1.71 bits per heavy atom. The van der Waals surface area contributed by atoms with Crippen LogP contribution in [0, 0.1) is 0 Å². The highest BCUT2D eigenvalue weighted by Crippen LogP contribution is 2.44. The van der Waals surface area contributed by atoms with Gasteiger partial charge in [0, 0.05) is 24.9 Å². The molecule has 2 unspecified atom stereocenters. The van der Waals surface area contributed by atoms with Gasteiger partial charge in [-0.2, -0.15) is 0 Å². The lowest BCUT2D eigenvalue weighted by molar-refractivity contribution is -0.161. The van der Waals surface area contributed by atoms with Gasteiger partial charge in [0.2, 0.25) is 5.91 Å². The fourth-order valence-corrected chi connectivity index (χ4v) is 5.13. The Hall–Kier alpha value is -3.35. The van der Waals surface area contributed by atoms with Crippen molar-refractivity contribution in [1.82, 2.24) is 10.2 Å². The number of benzene rings is 2. The van der Waals surface area contributed by atoms with Crippen molar-refractivity contribution in [2.45, 2.75) is 63.5 Å². The number of alkyl carbamates (subject to hydrolysis) is 1. The van der Waals surface area contributed by atoms with E-state index in [0.717, 1.165) is 24.0 Å². The molecule has 1 heterocycles. The fraction of sp³-hybridized carbons (Fsp3) is 0.444. The number of likely N-dealkylation sites (tertiary alicyclic amines) is 1. The van der Waals surface area contributed by atoms with Gasteiger partial charge in [-0.25, -0.2) is 9.59 Å². The van der Waals surface area contributed by atoms with Crippen molar-refractivity contribution in [3.8, 4) is 11.1 Å². The number of carbonyl (C=O) groups is 3. The zero-order valence-electron chi connectivity index (χ0n) is 19.8.